The molecule has 20 heavy (non-hydrogen) atoms. The van der Waals surface area contributed by atoms with Crippen LogP contribution in [0.2, 0.25) is 0 Å². The van der Waals surface area contributed by atoms with Crippen LogP contribution in [0.1, 0.15) is 13.0 Å². The van der Waals surface area contributed by atoms with Gasteiger partial charge in [0.25, 0.3) is 5.52 Å². The van der Waals surface area contributed by atoms with E-state index in [1.165, 1.54) is 22.2 Å². The van der Waals surface area contributed by atoms with Gasteiger partial charge in [-0.3, -0.25) is 0 Å². The van der Waals surface area contributed by atoms with Crippen molar-refractivity contribution >= 4 is 10.9 Å². The van der Waals surface area contributed by atoms with Crippen molar-refractivity contribution in [2.24, 2.45) is 0 Å². The van der Waals surface area contributed by atoms with Gasteiger partial charge in [0, 0.05) is 18.6 Å². The number of para-hydroxylation sites is 1. The van der Waals surface area contributed by atoms with Crippen molar-refractivity contribution < 1.29 is 9.30 Å². The summed E-state index contributed by atoms with van der Waals surface area (Å²) in [6.45, 7) is 2.93. The predicted molar refractivity (Wildman–Crippen MR) is 79.8 cm³/mol. The SMILES string of the molecule is CC1COc2cccc3ccc(-c4ccccc4)[n+]1c23. The second-order valence-corrected chi connectivity index (χ2v) is 5.31. The molecule has 2 nitrogen and oxygen atoms in total. The van der Waals surface area contributed by atoms with Crippen LogP contribution in [-0.4, -0.2) is 6.61 Å². The molecule has 1 atom stereocenters. The van der Waals surface area contributed by atoms with Crippen molar-refractivity contribution in [2.45, 2.75) is 13.0 Å². The van der Waals surface area contributed by atoms with Crippen LogP contribution in [-0.2, 0) is 0 Å². The first kappa shape index (κ1) is 11.5. The van der Waals surface area contributed by atoms with Gasteiger partial charge >= 0.3 is 0 Å². The van der Waals surface area contributed by atoms with Gasteiger partial charge in [0.15, 0.2) is 18.4 Å². The highest BCUT2D eigenvalue weighted by atomic mass is 16.5. The predicted octanol–water partition coefficient (Wildman–Crippen LogP) is 3.75. The summed E-state index contributed by atoms with van der Waals surface area (Å²) in [4.78, 5) is 0. The number of hydrogen-bond acceptors (Lipinski definition) is 1. The molecule has 0 spiro atoms. The highest BCUT2D eigenvalue weighted by Gasteiger charge is 2.30. The molecular weight excluding hydrogens is 246 g/mol. The van der Waals surface area contributed by atoms with Crippen LogP contribution >= 0.6 is 0 Å². The highest BCUT2D eigenvalue weighted by molar-refractivity contribution is 5.83. The van der Waals surface area contributed by atoms with Crippen molar-refractivity contribution in [2.75, 3.05) is 6.61 Å². The van der Waals surface area contributed by atoms with Crippen LogP contribution in [0.3, 0.4) is 0 Å². The van der Waals surface area contributed by atoms with Gasteiger partial charge < -0.3 is 4.74 Å². The molecule has 1 unspecified atom stereocenters. The summed E-state index contributed by atoms with van der Waals surface area (Å²) in [5, 5.41) is 1.23. The molecule has 0 fully saturated rings. The lowest BCUT2D eigenvalue weighted by Crippen LogP contribution is -2.46. The zero-order valence-electron chi connectivity index (χ0n) is 11.4. The van der Waals surface area contributed by atoms with Crippen LogP contribution in [0.4, 0.5) is 0 Å². The lowest BCUT2D eigenvalue weighted by Gasteiger charge is -2.20. The van der Waals surface area contributed by atoms with Gasteiger partial charge in [-0.15, -0.1) is 0 Å². The molecule has 0 saturated carbocycles. The van der Waals surface area contributed by atoms with Crippen LogP contribution < -0.4 is 9.30 Å². The summed E-state index contributed by atoms with van der Waals surface area (Å²) >= 11 is 0. The van der Waals surface area contributed by atoms with E-state index < -0.39 is 0 Å². The van der Waals surface area contributed by atoms with Gasteiger partial charge in [0.2, 0.25) is 5.69 Å². The Bertz CT molecular complexity index is 780. The van der Waals surface area contributed by atoms with Gasteiger partial charge in [0.05, 0.1) is 5.39 Å². The monoisotopic (exact) mass is 262 g/mol. The van der Waals surface area contributed by atoms with E-state index in [0.717, 1.165) is 12.4 Å². The van der Waals surface area contributed by atoms with Gasteiger partial charge in [-0.05, 0) is 30.3 Å². The van der Waals surface area contributed by atoms with E-state index in [9.17, 15) is 0 Å². The van der Waals surface area contributed by atoms with Crippen LogP contribution in [0, 0.1) is 0 Å². The number of pyridine rings is 1. The molecule has 3 aromatic rings. The van der Waals surface area contributed by atoms with Gasteiger partial charge in [-0.25, -0.2) is 0 Å². The lowest BCUT2D eigenvalue weighted by molar-refractivity contribution is -0.689. The molecule has 2 heteroatoms. The first-order chi connectivity index (χ1) is 9.84. The van der Waals surface area contributed by atoms with E-state index in [1.807, 2.05) is 0 Å². The van der Waals surface area contributed by atoms with E-state index in [2.05, 4.69) is 72.2 Å². The van der Waals surface area contributed by atoms with Crippen molar-refractivity contribution in [1.29, 1.82) is 0 Å². The van der Waals surface area contributed by atoms with E-state index in [1.54, 1.807) is 0 Å². The molecule has 4 rings (SSSR count). The zero-order chi connectivity index (χ0) is 13.5. The van der Waals surface area contributed by atoms with Gasteiger partial charge in [0.1, 0.15) is 0 Å². The van der Waals surface area contributed by atoms with Crippen molar-refractivity contribution in [3.8, 4) is 17.0 Å². The first-order valence-corrected chi connectivity index (χ1v) is 7.00. The van der Waals surface area contributed by atoms with Gasteiger partial charge in [-0.1, -0.05) is 24.3 Å². The Kier molecular flexibility index (Phi) is 2.49. The van der Waals surface area contributed by atoms with Crippen molar-refractivity contribution in [3.05, 3.63) is 60.7 Å². The fourth-order valence-electron chi connectivity index (χ4n) is 3.00. The summed E-state index contributed by atoms with van der Waals surface area (Å²) in [6.07, 6.45) is 0. The third-order valence-electron chi connectivity index (χ3n) is 3.94. The summed E-state index contributed by atoms with van der Waals surface area (Å²) in [5.74, 6) is 0.985. The zero-order valence-corrected chi connectivity index (χ0v) is 11.4. The summed E-state index contributed by atoms with van der Waals surface area (Å²) in [7, 11) is 0. The van der Waals surface area contributed by atoms with E-state index >= 15 is 0 Å². The smallest absolute Gasteiger partial charge is 0.255 e. The Balaban J connectivity index is 2.10. The average molecular weight is 262 g/mol. The third kappa shape index (κ3) is 1.61. The minimum atomic E-state index is 0.337. The molecule has 0 amide bonds. The molecule has 2 heterocycles. The van der Waals surface area contributed by atoms with E-state index in [4.69, 9.17) is 4.74 Å². The summed E-state index contributed by atoms with van der Waals surface area (Å²) < 4.78 is 8.28. The summed E-state index contributed by atoms with van der Waals surface area (Å²) in [5.41, 5.74) is 3.70. The van der Waals surface area contributed by atoms with Crippen LogP contribution in [0.5, 0.6) is 5.75 Å². The first-order valence-electron chi connectivity index (χ1n) is 7.00. The number of nitrogens with zero attached hydrogens (tertiary/aromatic N) is 1. The topological polar surface area (TPSA) is 13.1 Å². The Hall–Kier alpha value is -2.35. The molecule has 98 valence electrons. The number of ether oxygens (including phenoxy) is 1. The lowest BCUT2D eigenvalue weighted by atomic mass is 10.1. The Morgan fingerprint density at radius 2 is 1.80 bits per heavy atom. The number of aromatic nitrogens is 1. The maximum absolute atomic E-state index is 5.88. The second-order valence-electron chi connectivity index (χ2n) is 5.31. The molecule has 0 saturated heterocycles. The third-order valence-corrected chi connectivity index (χ3v) is 3.94. The molecule has 1 aliphatic rings. The Morgan fingerprint density at radius 3 is 2.65 bits per heavy atom. The Morgan fingerprint density at radius 1 is 0.950 bits per heavy atom. The number of hydrogen-bond donors (Lipinski definition) is 0. The van der Waals surface area contributed by atoms with Gasteiger partial charge in [-0.2, -0.15) is 4.57 Å². The Labute approximate surface area is 118 Å². The molecule has 0 aliphatic carbocycles. The maximum atomic E-state index is 5.88. The standard InChI is InChI=1S/C18H16NO/c1-13-12-20-17-9-5-8-15-10-11-16(19(13)18(15)17)14-6-3-2-4-7-14/h2-11,13H,12H2,1H3/q+1. The summed E-state index contributed by atoms with van der Waals surface area (Å²) in [6, 6.07) is 21.5. The molecule has 0 radical (unpaired) electrons. The van der Waals surface area contributed by atoms with Crippen LogP contribution in [0.25, 0.3) is 22.2 Å². The maximum Gasteiger partial charge on any atom is 0.255 e. The fraction of sp³-hybridized carbons (Fsp3) is 0.167. The average Bonchev–Trinajstić information content (AvgIpc) is 2.52. The van der Waals surface area contributed by atoms with E-state index in [0.29, 0.717) is 6.04 Å². The number of rotatable bonds is 1. The molecule has 1 aromatic heterocycles. The number of benzene rings is 2. The second kappa shape index (κ2) is 4.34. The van der Waals surface area contributed by atoms with Crippen LogP contribution in [0.15, 0.2) is 60.7 Å². The van der Waals surface area contributed by atoms with Crippen molar-refractivity contribution in [3.63, 3.8) is 0 Å². The highest BCUT2D eigenvalue weighted by Crippen LogP contribution is 2.30. The minimum absolute atomic E-state index is 0.337. The normalized spacial score (nSPS) is 16.9. The molecule has 2 aromatic carbocycles. The van der Waals surface area contributed by atoms with Crippen molar-refractivity contribution in [1.82, 2.24) is 0 Å². The molecule has 0 N–H and O–H groups in total. The quantitative estimate of drug-likeness (QED) is 0.609. The largest absolute Gasteiger partial charge is 0.480 e. The molecule has 0 bridgehead atoms. The fourth-order valence-corrected chi connectivity index (χ4v) is 3.00. The minimum Gasteiger partial charge on any atom is -0.480 e. The molecule has 1 aliphatic heterocycles. The molecular formula is C18H16NO+. The van der Waals surface area contributed by atoms with E-state index in [-0.39, 0.29) is 0 Å².